The maximum absolute atomic E-state index is 12.1. The van der Waals surface area contributed by atoms with Gasteiger partial charge in [0.2, 0.25) is 0 Å². The second kappa shape index (κ2) is 9.36. The molecule has 0 saturated carbocycles. The average molecular weight is 435 g/mol. The Morgan fingerprint density at radius 3 is 2.76 bits per heavy atom. The van der Waals surface area contributed by atoms with Gasteiger partial charge in [-0.15, -0.1) is 0 Å². The summed E-state index contributed by atoms with van der Waals surface area (Å²) in [4.78, 5) is 12.1. The van der Waals surface area contributed by atoms with Crippen LogP contribution in [0.3, 0.4) is 0 Å². The molecule has 1 aromatic heterocycles. The summed E-state index contributed by atoms with van der Waals surface area (Å²) < 4.78 is 16.0. The Bertz CT molecular complexity index is 1050. The fourth-order valence-corrected chi connectivity index (χ4v) is 2.78. The lowest BCUT2D eigenvalue weighted by Crippen LogP contribution is -2.16. The third-order valence-electron chi connectivity index (χ3n) is 3.73. The summed E-state index contributed by atoms with van der Waals surface area (Å²) in [6.07, 6.45) is 1.41. The molecule has 1 heterocycles. The third kappa shape index (κ3) is 5.43. The van der Waals surface area contributed by atoms with E-state index >= 15 is 0 Å². The van der Waals surface area contributed by atoms with Gasteiger partial charge in [0.25, 0.3) is 0 Å². The van der Waals surface area contributed by atoms with Crippen molar-refractivity contribution in [3.05, 3.63) is 75.7 Å². The van der Waals surface area contributed by atoms with Gasteiger partial charge in [0, 0.05) is 5.02 Å². The van der Waals surface area contributed by atoms with E-state index < -0.39 is 5.91 Å². The largest absolute Gasteiger partial charge is 0.504 e. The Labute approximate surface area is 176 Å². The molecule has 3 rings (SSSR count). The molecule has 0 unspecified atom stereocenters. The summed E-state index contributed by atoms with van der Waals surface area (Å²) >= 11 is 11.9. The van der Waals surface area contributed by atoms with Crippen LogP contribution in [0, 0.1) is 0 Å². The van der Waals surface area contributed by atoms with E-state index in [0.717, 1.165) is 0 Å². The van der Waals surface area contributed by atoms with Crippen LogP contribution in [0.25, 0.3) is 0 Å². The number of carbonyl (C=O) groups is 1. The number of carbonyl (C=O) groups excluding carboxylic acids is 1. The second-order valence-electron chi connectivity index (χ2n) is 5.76. The molecule has 0 aliphatic rings. The lowest BCUT2D eigenvalue weighted by Gasteiger charge is -2.06. The lowest BCUT2D eigenvalue weighted by atomic mass is 10.2. The van der Waals surface area contributed by atoms with E-state index in [2.05, 4.69) is 10.5 Å². The summed E-state index contributed by atoms with van der Waals surface area (Å²) in [5.41, 5.74) is 2.99. The Morgan fingerprint density at radius 2 is 2.00 bits per heavy atom. The first-order valence-corrected chi connectivity index (χ1v) is 9.09. The SMILES string of the molecule is COc1cc(/C=N\NC(=O)c2ccc(COc3ccc(Cl)cc3Cl)o2)ccc1O. The van der Waals surface area contributed by atoms with E-state index in [-0.39, 0.29) is 18.1 Å². The van der Waals surface area contributed by atoms with Gasteiger partial charge < -0.3 is 19.0 Å². The maximum atomic E-state index is 12.1. The monoisotopic (exact) mass is 434 g/mol. The molecule has 0 fully saturated rings. The number of phenols is 1. The first-order valence-electron chi connectivity index (χ1n) is 8.33. The van der Waals surface area contributed by atoms with Gasteiger partial charge in [0.05, 0.1) is 18.3 Å². The third-order valence-corrected chi connectivity index (χ3v) is 4.26. The van der Waals surface area contributed by atoms with Crippen molar-refractivity contribution in [1.82, 2.24) is 5.43 Å². The molecule has 0 spiro atoms. The van der Waals surface area contributed by atoms with Gasteiger partial charge in [-0.2, -0.15) is 5.10 Å². The minimum absolute atomic E-state index is 0.0129. The number of halogens is 2. The molecule has 0 bridgehead atoms. The number of hydrogen-bond donors (Lipinski definition) is 2. The number of ether oxygens (including phenoxy) is 2. The molecule has 2 N–H and O–H groups in total. The zero-order chi connectivity index (χ0) is 20.8. The Morgan fingerprint density at radius 1 is 1.17 bits per heavy atom. The Balaban J connectivity index is 1.56. The van der Waals surface area contributed by atoms with Crippen LogP contribution in [0.5, 0.6) is 17.2 Å². The van der Waals surface area contributed by atoms with Gasteiger partial charge in [-0.3, -0.25) is 4.79 Å². The number of amides is 1. The van der Waals surface area contributed by atoms with Crippen LogP contribution < -0.4 is 14.9 Å². The number of methoxy groups -OCH3 is 1. The molecule has 0 atom stereocenters. The predicted molar refractivity (Wildman–Crippen MR) is 109 cm³/mol. The molecule has 0 saturated heterocycles. The molecule has 0 aliphatic carbocycles. The zero-order valence-electron chi connectivity index (χ0n) is 15.2. The number of aromatic hydroxyl groups is 1. The van der Waals surface area contributed by atoms with Gasteiger partial charge in [-0.05, 0) is 54.1 Å². The van der Waals surface area contributed by atoms with Crippen LogP contribution in [0.1, 0.15) is 21.9 Å². The van der Waals surface area contributed by atoms with Crippen LogP contribution >= 0.6 is 23.2 Å². The van der Waals surface area contributed by atoms with E-state index in [4.69, 9.17) is 37.1 Å². The van der Waals surface area contributed by atoms with Crippen molar-refractivity contribution in [3.8, 4) is 17.2 Å². The summed E-state index contributed by atoms with van der Waals surface area (Å²) in [7, 11) is 1.44. The van der Waals surface area contributed by atoms with Crippen LogP contribution in [0.2, 0.25) is 10.0 Å². The molecule has 2 aromatic carbocycles. The minimum atomic E-state index is -0.525. The van der Waals surface area contributed by atoms with E-state index in [1.54, 1.807) is 36.4 Å². The molecular weight excluding hydrogens is 419 g/mol. The van der Waals surface area contributed by atoms with Gasteiger partial charge in [-0.25, -0.2) is 5.43 Å². The quantitative estimate of drug-likeness (QED) is 0.417. The van der Waals surface area contributed by atoms with Crippen molar-refractivity contribution in [2.75, 3.05) is 7.11 Å². The number of phenolic OH excluding ortho intramolecular Hbond substituents is 1. The smallest absolute Gasteiger partial charge is 0.307 e. The Hall–Kier alpha value is -3.16. The topological polar surface area (TPSA) is 93.3 Å². The van der Waals surface area contributed by atoms with Crippen molar-refractivity contribution in [3.63, 3.8) is 0 Å². The molecule has 0 aliphatic heterocycles. The first-order chi connectivity index (χ1) is 14.0. The highest BCUT2D eigenvalue weighted by Crippen LogP contribution is 2.28. The molecule has 9 heteroatoms. The number of hydrazone groups is 1. The molecule has 3 aromatic rings. The summed E-state index contributed by atoms with van der Waals surface area (Å²) in [6, 6.07) is 12.7. The molecule has 150 valence electrons. The van der Waals surface area contributed by atoms with Crippen LogP contribution in [0.4, 0.5) is 0 Å². The van der Waals surface area contributed by atoms with E-state index in [0.29, 0.717) is 32.9 Å². The molecular formula is C20H16Cl2N2O5. The highest BCUT2D eigenvalue weighted by molar-refractivity contribution is 6.35. The maximum Gasteiger partial charge on any atom is 0.307 e. The second-order valence-corrected chi connectivity index (χ2v) is 6.60. The molecule has 29 heavy (non-hydrogen) atoms. The van der Waals surface area contributed by atoms with E-state index in [1.165, 1.54) is 25.5 Å². The first kappa shape index (κ1) is 20.6. The number of nitrogens with one attached hydrogen (secondary N) is 1. The predicted octanol–water partition coefficient (Wildman–Crippen LogP) is 4.64. The van der Waals surface area contributed by atoms with Crippen molar-refractivity contribution in [2.45, 2.75) is 6.61 Å². The van der Waals surface area contributed by atoms with Crippen LogP contribution in [-0.4, -0.2) is 24.3 Å². The van der Waals surface area contributed by atoms with Crippen molar-refractivity contribution >= 4 is 35.3 Å². The molecule has 0 radical (unpaired) electrons. The van der Waals surface area contributed by atoms with E-state index in [9.17, 15) is 9.90 Å². The van der Waals surface area contributed by atoms with Crippen molar-refractivity contribution < 1.29 is 23.8 Å². The number of furan rings is 1. The fraction of sp³-hybridized carbons (Fsp3) is 0.100. The number of rotatable bonds is 7. The van der Waals surface area contributed by atoms with Crippen LogP contribution in [-0.2, 0) is 6.61 Å². The van der Waals surface area contributed by atoms with Gasteiger partial charge in [-0.1, -0.05) is 23.2 Å². The highest BCUT2D eigenvalue weighted by Gasteiger charge is 2.11. The van der Waals surface area contributed by atoms with Gasteiger partial charge in [0.1, 0.15) is 18.1 Å². The molecule has 7 nitrogen and oxygen atoms in total. The Kier molecular flexibility index (Phi) is 6.64. The summed E-state index contributed by atoms with van der Waals surface area (Å²) in [5.74, 6) is 0.755. The normalized spacial score (nSPS) is 10.9. The lowest BCUT2D eigenvalue weighted by molar-refractivity contribution is 0.0923. The van der Waals surface area contributed by atoms with Crippen molar-refractivity contribution in [2.24, 2.45) is 5.10 Å². The van der Waals surface area contributed by atoms with Gasteiger partial charge in [0.15, 0.2) is 17.3 Å². The van der Waals surface area contributed by atoms with Gasteiger partial charge >= 0.3 is 5.91 Å². The standard InChI is InChI=1S/C20H16Cl2N2O5/c1-27-19-8-12(2-5-16(19)25)10-23-24-20(26)18-7-4-14(29-18)11-28-17-6-3-13(21)9-15(17)22/h2-10,25H,11H2,1H3,(H,24,26)/b23-10-. The number of hydrogen-bond acceptors (Lipinski definition) is 6. The number of nitrogens with zero attached hydrogens (tertiary/aromatic N) is 1. The average Bonchev–Trinajstić information content (AvgIpc) is 3.17. The highest BCUT2D eigenvalue weighted by atomic mass is 35.5. The van der Waals surface area contributed by atoms with Crippen molar-refractivity contribution in [1.29, 1.82) is 0 Å². The minimum Gasteiger partial charge on any atom is -0.504 e. The number of benzene rings is 2. The molecule has 1 amide bonds. The van der Waals surface area contributed by atoms with Crippen LogP contribution in [0.15, 0.2) is 58.0 Å². The zero-order valence-corrected chi connectivity index (χ0v) is 16.7. The van der Waals surface area contributed by atoms with E-state index in [1.807, 2.05) is 0 Å². The summed E-state index contributed by atoms with van der Waals surface area (Å²) in [5, 5.41) is 14.3. The fourth-order valence-electron chi connectivity index (χ4n) is 2.31. The summed E-state index contributed by atoms with van der Waals surface area (Å²) in [6.45, 7) is 0.0885.